The number of rotatable bonds is 3. The van der Waals surface area contributed by atoms with E-state index in [4.69, 9.17) is 0 Å². The average molecular weight is 216 g/mol. The minimum atomic E-state index is -0.378. The fourth-order valence-corrected chi connectivity index (χ4v) is 1.21. The van der Waals surface area contributed by atoms with Gasteiger partial charge in [0.15, 0.2) is 5.69 Å². The lowest BCUT2D eigenvalue weighted by Gasteiger charge is -2.02. The third-order valence-corrected chi connectivity index (χ3v) is 1.95. The highest BCUT2D eigenvalue weighted by atomic mass is 16.5. The number of carbonyl (C=O) groups excluding carboxylic acids is 2. The first-order chi connectivity index (χ1) is 7.79. The SMILES string of the molecule is O=Cc1cccc(NC(=O)c2ccon2)c1. The van der Waals surface area contributed by atoms with E-state index < -0.39 is 0 Å². The number of carbonyl (C=O) groups is 2. The van der Waals surface area contributed by atoms with Crippen LogP contribution in [0.4, 0.5) is 5.69 Å². The fourth-order valence-electron chi connectivity index (χ4n) is 1.21. The van der Waals surface area contributed by atoms with Crippen molar-refractivity contribution < 1.29 is 14.1 Å². The van der Waals surface area contributed by atoms with Crippen molar-refractivity contribution in [2.75, 3.05) is 5.32 Å². The molecular weight excluding hydrogens is 208 g/mol. The molecule has 1 N–H and O–H groups in total. The second kappa shape index (κ2) is 4.39. The molecule has 1 aromatic carbocycles. The molecule has 0 saturated carbocycles. The number of aldehydes is 1. The summed E-state index contributed by atoms with van der Waals surface area (Å²) in [6.07, 6.45) is 2.03. The van der Waals surface area contributed by atoms with E-state index in [1.54, 1.807) is 24.3 Å². The number of benzene rings is 1. The van der Waals surface area contributed by atoms with Crippen LogP contribution in [0.2, 0.25) is 0 Å². The highest BCUT2D eigenvalue weighted by molar-refractivity contribution is 6.03. The van der Waals surface area contributed by atoms with E-state index in [0.29, 0.717) is 17.5 Å². The lowest BCUT2D eigenvalue weighted by atomic mass is 10.2. The molecule has 0 fully saturated rings. The second-order valence-corrected chi connectivity index (χ2v) is 3.08. The van der Waals surface area contributed by atoms with Gasteiger partial charge in [0.2, 0.25) is 0 Å². The average Bonchev–Trinajstić information content (AvgIpc) is 2.83. The first-order valence-electron chi connectivity index (χ1n) is 4.56. The minimum absolute atomic E-state index is 0.191. The van der Waals surface area contributed by atoms with Crippen LogP contribution < -0.4 is 5.32 Å². The predicted molar refractivity (Wildman–Crippen MR) is 56.3 cm³/mol. The van der Waals surface area contributed by atoms with Gasteiger partial charge in [-0.1, -0.05) is 17.3 Å². The molecule has 5 heteroatoms. The quantitative estimate of drug-likeness (QED) is 0.793. The van der Waals surface area contributed by atoms with Crippen LogP contribution in [-0.2, 0) is 0 Å². The second-order valence-electron chi connectivity index (χ2n) is 3.08. The number of nitrogens with zero attached hydrogens (tertiary/aromatic N) is 1. The van der Waals surface area contributed by atoms with Gasteiger partial charge in [0.05, 0.1) is 0 Å². The van der Waals surface area contributed by atoms with Gasteiger partial charge in [-0.05, 0) is 12.1 Å². The lowest BCUT2D eigenvalue weighted by Crippen LogP contribution is -2.12. The Morgan fingerprint density at radius 2 is 2.25 bits per heavy atom. The van der Waals surface area contributed by atoms with E-state index >= 15 is 0 Å². The molecule has 0 saturated heterocycles. The van der Waals surface area contributed by atoms with Crippen LogP contribution in [-0.4, -0.2) is 17.4 Å². The van der Waals surface area contributed by atoms with Crippen LogP contribution >= 0.6 is 0 Å². The third-order valence-electron chi connectivity index (χ3n) is 1.95. The highest BCUT2D eigenvalue weighted by Crippen LogP contribution is 2.10. The van der Waals surface area contributed by atoms with Gasteiger partial charge in [-0.15, -0.1) is 0 Å². The van der Waals surface area contributed by atoms with Crippen LogP contribution in [0.15, 0.2) is 41.1 Å². The van der Waals surface area contributed by atoms with Gasteiger partial charge in [0, 0.05) is 17.3 Å². The molecule has 0 spiro atoms. The molecule has 80 valence electrons. The van der Waals surface area contributed by atoms with Crippen molar-refractivity contribution in [3.63, 3.8) is 0 Å². The van der Waals surface area contributed by atoms with Crippen molar-refractivity contribution in [1.29, 1.82) is 0 Å². The fraction of sp³-hybridized carbons (Fsp3) is 0. The molecule has 0 atom stereocenters. The Hall–Kier alpha value is -2.43. The molecule has 5 nitrogen and oxygen atoms in total. The van der Waals surface area contributed by atoms with Crippen molar-refractivity contribution in [2.24, 2.45) is 0 Å². The zero-order valence-corrected chi connectivity index (χ0v) is 8.21. The lowest BCUT2D eigenvalue weighted by molar-refractivity contribution is 0.101. The van der Waals surface area contributed by atoms with Crippen molar-refractivity contribution in [3.05, 3.63) is 47.9 Å². The van der Waals surface area contributed by atoms with Gasteiger partial charge in [-0.3, -0.25) is 9.59 Å². The predicted octanol–water partition coefficient (Wildman–Crippen LogP) is 1.74. The Morgan fingerprint density at radius 3 is 2.94 bits per heavy atom. The van der Waals surface area contributed by atoms with Gasteiger partial charge < -0.3 is 9.84 Å². The van der Waals surface area contributed by atoms with Crippen molar-refractivity contribution in [3.8, 4) is 0 Å². The monoisotopic (exact) mass is 216 g/mol. The number of amides is 1. The third kappa shape index (κ3) is 2.14. The summed E-state index contributed by atoms with van der Waals surface area (Å²) in [6, 6.07) is 8.05. The van der Waals surface area contributed by atoms with Gasteiger partial charge in [-0.2, -0.15) is 0 Å². The van der Waals surface area contributed by atoms with E-state index in [-0.39, 0.29) is 11.6 Å². The van der Waals surface area contributed by atoms with Crippen LogP contribution in [0, 0.1) is 0 Å². The van der Waals surface area contributed by atoms with Crippen LogP contribution in [0.5, 0.6) is 0 Å². The van der Waals surface area contributed by atoms with E-state index in [9.17, 15) is 9.59 Å². The van der Waals surface area contributed by atoms with Crippen LogP contribution in [0.3, 0.4) is 0 Å². The normalized spacial score (nSPS) is 9.75. The van der Waals surface area contributed by atoms with E-state index in [1.807, 2.05) is 0 Å². The molecule has 1 aromatic heterocycles. The topological polar surface area (TPSA) is 72.2 Å². The highest BCUT2D eigenvalue weighted by Gasteiger charge is 2.08. The molecule has 1 heterocycles. The summed E-state index contributed by atoms with van der Waals surface area (Å²) in [6.45, 7) is 0. The Morgan fingerprint density at radius 1 is 1.38 bits per heavy atom. The summed E-state index contributed by atoms with van der Waals surface area (Å²) in [5, 5.41) is 6.10. The zero-order valence-electron chi connectivity index (χ0n) is 8.21. The van der Waals surface area contributed by atoms with E-state index in [2.05, 4.69) is 15.0 Å². The molecule has 2 aromatic rings. The molecule has 0 aliphatic carbocycles. The molecule has 2 rings (SSSR count). The molecule has 16 heavy (non-hydrogen) atoms. The standard InChI is InChI=1S/C11H8N2O3/c14-7-8-2-1-3-9(6-8)12-11(15)10-4-5-16-13-10/h1-7H,(H,12,15). The van der Waals surface area contributed by atoms with Crippen LogP contribution in [0.25, 0.3) is 0 Å². The molecule has 0 aliphatic heterocycles. The maximum atomic E-state index is 11.6. The summed E-state index contributed by atoms with van der Waals surface area (Å²) < 4.78 is 4.55. The van der Waals surface area contributed by atoms with E-state index in [1.165, 1.54) is 12.3 Å². The number of nitrogens with one attached hydrogen (secondary N) is 1. The molecular formula is C11H8N2O3. The van der Waals surface area contributed by atoms with Gasteiger partial charge in [-0.25, -0.2) is 0 Å². The molecule has 0 radical (unpaired) electrons. The Kier molecular flexibility index (Phi) is 2.77. The van der Waals surface area contributed by atoms with Gasteiger partial charge in [0.1, 0.15) is 12.5 Å². The molecule has 0 unspecified atom stereocenters. The summed E-state index contributed by atoms with van der Waals surface area (Å²) in [7, 11) is 0. The Labute approximate surface area is 91.1 Å². The first-order valence-corrected chi connectivity index (χ1v) is 4.56. The van der Waals surface area contributed by atoms with Gasteiger partial charge >= 0.3 is 0 Å². The zero-order chi connectivity index (χ0) is 11.4. The van der Waals surface area contributed by atoms with Crippen molar-refractivity contribution in [2.45, 2.75) is 0 Å². The number of aromatic nitrogens is 1. The summed E-state index contributed by atoms with van der Waals surface area (Å²) in [4.78, 5) is 22.1. The first kappa shape index (κ1) is 10.1. The summed E-state index contributed by atoms with van der Waals surface area (Å²) in [5.74, 6) is -0.378. The molecule has 1 amide bonds. The number of hydrogen-bond acceptors (Lipinski definition) is 4. The molecule has 0 aliphatic rings. The van der Waals surface area contributed by atoms with Crippen molar-refractivity contribution >= 4 is 17.9 Å². The van der Waals surface area contributed by atoms with Gasteiger partial charge in [0.25, 0.3) is 5.91 Å². The minimum Gasteiger partial charge on any atom is -0.364 e. The Bertz CT molecular complexity index is 506. The maximum absolute atomic E-state index is 11.6. The summed E-state index contributed by atoms with van der Waals surface area (Å²) in [5.41, 5.74) is 1.23. The number of hydrogen-bond donors (Lipinski definition) is 1. The number of anilines is 1. The summed E-state index contributed by atoms with van der Waals surface area (Å²) >= 11 is 0. The smallest absolute Gasteiger partial charge is 0.277 e. The molecule has 0 bridgehead atoms. The van der Waals surface area contributed by atoms with Crippen molar-refractivity contribution in [1.82, 2.24) is 5.16 Å². The van der Waals surface area contributed by atoms with E-state index in [0.717, 1.165) is 0 Å². The largest absolute Gasteiger partial charge is 0.364 e. The van der Waals surface area contributed by atoms with Crippen LogP contribution in [0.1, 0.15) is 20.8 Å². The maximum Gasteiger partial charge on any atom is 0.277 e. The Balaban J connectivity index is 2.15.